The maximum absolute atomic E-state index is 11.4. The van der Waals surface area contributed by atoms with Crippen LogP contribution in [0.25, 0.3) is 0 Å². The second-order valence-corrected chi connectivity index (χ2v) is 4.56. The van der Waals surface area contributed by atoms with E-state index >= 15 is 0 Å². The molecule has 0 atom stereocenters. The van der Waals surface area contributed by atoms with Crippen LogP contribution in [0.1, 0.15) is 24.2 Å². The van der Waals surface area contributed by atoms with E-state index in [1.807, 2.05) is 0 Å². The second-order valence-electron chi connectivity index (χ2n) is 3.78. The van der Waals surface area contributed by atoms with Crippen LogP contribution < -0.4 is 0 Å². The fraction of sp³-hybridized carbons (Fsp3) is 0.400. The molecule has 1 rings (SSSR count). The summed E-state index contributed by atoms with van der Waals surface area (Å²) in [7, 11) is 0. The van der Waals surface area contributed by atoms with E-state index in [-0.39, 0.29) is 6.61 Å². The molecule has 1 aromatic rings. The van der Waals surface area contributed by atoms with Crippen LogP contribution in [0.5, 0.6) is 0 Å². The molecule has 5 heteroatoms. The predicted octanol–water partition coefficient (Wildman–Crippen LogP) is 2.02. The van der Waals surface area contributed by atoms with Crippen LogP contribution in [0.4, 0.5) is 0 Å². The topological polar surface area (TPSA) is 63.6 Å². The van der Waals surface area contributed by atoms with E-state index in [0.29, 0.717) is 5.56 Å². The smallest absolute Gasteiger partial charge is 0.339 e. The third-order valence-corrected chi connectivity index (χ3v) is 2.58. The van der Waals surface area contributed by atoms with Crippen LogP contribution in [-0.4, -0.2) is 23.7 Å². The normalized spacial score (nSPS) is 11.1. The van der Waals surface area contributed by atoms with Crippen molar-refractivity contribution in [3.05, 3.63) is 22.4 Å². The minimum absolute atomic E-state index is 0.128. The summed E-state index contributed by atoms with van der Waals surface area (Å²) in [6, 6.07) is 1.64. The van der Waals surface area contributed by atoms with Crippen LogP contribution in [0, 0.1) is 5.41 Å². The molecule has 0 fully saturated rings. The van der Waals surface area contributed by atoms with E-state index in [0.717, 1.165) is 0 Å². The van der Waals surface area contributed by atoms with Gasteiger partial charge in [0.2, 0.25) is 0 Å². The van der Waals surface area contributed by atoms with Gasteiger partial charge in [0.1, 0.15) is 6.61 Å². The van der Waals surface area contributed by atoms with Crippen LogP contribution in [0.3, 0.4) is 0 Å². The Morgan fingerprint density at radius 3 is 2.67 bits per heavy atom. The minimum Gasteiger partial charge on any atom is -0.481 e. The molecule has 0 aliphatic rings. The highest BCUT2D eigenvalue weighted by molar-refractivity contribution is 7.08. The Morgan fingerprint density at radius 1 is 1.53 bits per heavy atom. The molecular formula is C10H12O4S. The maximum Gasteiger partial charge on any atom is 0.339 e. The standard InChI is InChI=1S/C10H12O4S/c1-10(2,9(12)13)6-14-8(11)7-3-4-15-5-7/h3-5H,6H2,1-2H3,(H,12,13). The monoisotopic (exact) mass is 228 g/mol. The highest BCUT2D eigenvalue weighted by atomic mass is 32.1. The zero-order valence-corrected chi connectivity index (χ0v) is 9.34. The molecule has 0 aromatic carbocycles. The lowest BCUT2D eigenvalue weighted by atomic mass is 9.95. The van der Waals surface area contributed by atoms with E-state index in [9.17, 15) is 9.59 Å². The average Bonchev–Trinajstić information content (AvgIpc) is 2.66. The van der Waals surface area contributed by atoms with Gasteiger partial charge in [-0.1, -0.05) is 0 Å². The number of esters is 1. The number of thiophene rings is 1. The molecule has 0 saturated heterocycles. The van der Waals surface area contributed by atoms with Gasteiger partial charge in [0.15, 0.2) is 0 Å². The van der Waals surface area contributed by atoms with E-state index < -0.39 is 17.4 Å². The number of ether oxygens (including phenoxy) is 1. The van der Waals surface area contributed by atoms with Gasteiger partial charge in [-0.2, -0.15) is 11.3 Å². The lowest BCUT2D eigenvalue weighted by Gasteiger charge is -2.18. The summed E-state index contributed by atoms with van der Waals surface area (Å²) in [6.07, 6.45) is 0. The summed E-state index contributed by atoms with van der Waals surface area (Å²) in [5.74, 6) is -1.47. The van der Waals surface area contributed by atoms with Crippen molar-refractivity contribution in [2.45, 2.75) is 13.8 Å². The van der Waals surface area contributed by atoms with Crippen molar-refractivity contribution in [1.82, 2.24) is 0 Å². The number of carboxylic acid groups (broad SMARTS) is 1. The van der Waals surface area contributed by atoms with E-state index in [1.54, 1.807) is 16.8 Å². The number of hydrogen-bond donors (Lipinski definition) is 1. The maximum atomic E-state index is 11.4. The Bertz CT molecular complexity index is 354. The minimum atomic E-state index is -1.05. The molecular weight excluding hydrogens is 216 g/mol. The van der Waals surface area contributed by atoms with E-state index in [2.05, 4.69) is 0 Å². The van der Waals surface area contributed by atoms with Gasteiger partial charge in [0.05, 0.1) is 11.0 Å². The van der Waals surface area contributed by atoms with Gasteiger partial charge in [-0.15, -0.1) is 0 Å². The zero-order valence-electron chi connectivity index (χ0n) is 8.52. The number of hydrogen-bond acceptors (Lipinski definition) is 4. The Morgan fingerprint density at radius 2 is 2.20 bits per heavy atom. The molecule has 0 radical (unpaired) electrons. The van der Waals surface area contributed by atoms with Crippen molar-refractivity contribution in [3.8, 4) is 0 Å². The predicted molar refractivity (Wildman–Crippen MR) is 56.0 cm³/mol. The third-order valence-electron chi connectivity index (χ3n) is 1.90. The molecule has 1 heterocycles. The lowest BCUT2D eigenvalue weighted by Crippen LogP contribution is -2.30. The van der Waals surface area contributed by atoms with E-state index in [4.69, 9.17) is 9.84 Å². The van der Waals surface area contributed by atoms with Crippen molar-refractivity contribution in [3.63, 3.8) is 0 Å². The third kappa shape index (κ3) is 3.06. The molecule has 1 aromatic heterocycles. The highest BCUT2D eigenvalue weighted by Gasteiger charge is 2.29. The Kier molecular flexibility index (Phi) is 3.47. The van der Waals surface area contributed by atoms with Crippen molar-refractivity contribution in [2.75, 3.05) is 6.61 Å². The summed E-state index contributed by atoms with van der Waals surface area (Å²) in [6.45, 7) is 2.89. The first-order valence-corrected chi connectivity index (χ1v) is 5.30. The largest absolute Gasteiger partial charge is 0.481 e. The van der Waals surface area contributed by atoms with Crippen molar-refractivity contribution in [2.24, 2.45) is 5.41 Å². The molecule has 15 heavy (non-hydrogen) atoms. The molecule has 0 saturated carbocycles. The number of aliphatic carboxylic acids is 1. The molecule has 0 bridgehead atoms. The summed E-state index contributed by atoms with van der Waals surface area (Å²) < 4.78 is 4.90. The molecule has 0 amide bonds. The first-order valence-electron chi connectivity index (χ1n) is 4.36. The lowest BCUT2D eigenvalue weighted by molar-refractivity contribution is -0.149. The van der Waals surface area contributed by atoms with Gasteiger partial charge >= 0.3 is 11.9 Å². The van der Waals surface area contributed by atoms with Crippen molar-refractivity contribution in [1.29, 1.82) is 0 Å². The SMILES string of the molecule is CC(C)(COC(=O)c1ccsc1)C(=O)O. The molecule has 0 aliphatic carbocycles. The Hall–Kier alpha value is -1.36. The van der Waals surface area contributed by atoms with Crippen molar-refractivity contribution >= 4 is 23.3 Å². The number of carbonyl (C=O) groups excluding carboxylic acids is 1. The zero-order chi connectivity index (χ0) is 11.5. The molecule has 0 spiro atoms. The molecule has 82 valence electrons. The van der Waals surface area contributed by atoms with Gasteiger partial charge in [-0.05, 0) is 25.3 Å². The average molecular weight is 228 g/mol. The molecule has 0 unspecified atom stereocenters. The number of rotatable bonds is 4. The summed E-state index contributed by atoms with van der Waals surface area (Å²) in [4.78, 5) is 22.1. The molecule has 1 N–H and O–H groups in total. The van der Waals surface area contributed by atoms with Gasteiger partial charge in [-0.25, -0.2) is 4.79 Å². The fourth-order valence-electron chi connectivity index (χ4n) is 0.772. The quantitative estimate of drug-likeness (QED) is 0.801. The van der Waals surface area contributed by atoms with Crippen LogP contribution in [0.2, 0.25) is 0 Å². The highest BCUT2D eigenvalue weighted by Crippen LogP contribution is 2.17. The first-order chi connectivity index (χ1) is 6.93. The van der Waals surface area contributed by atoms with Gasteiger partial charge in [0, 0.05) is 5.38 Å². The van der Waals surface area contributed by atoms with Crippen molar-refractivity contribution < 1.29 is 19.4 Å². The Balaban J connectivity index is 2.51. The summed E-state index contributed by atoms with van der Waals surface area (Å²) >= 11 is 1.39. The Labute approximate surface area is 91.5 Å². The first kappa shape index (κ1) is 11.7. The summed E-state index contributed by atoms with van der Waals surface area (Å²) in [5, 5.41) is 12.2. The number of carbonyl (C=O) groups is 2. The van der Waals surface area contributed by atoms with Crippen LogP contribution in [-0.2, 0) is 9.53 Å². The van der Waals surface area contributed by atoms with Crippen LogP contribution in [0.15, 0.2) is 16.8 Å². The van der Waals surface area contributed by atoms with Gasteiger partial charge < -0.3 is 9.84 Å². The number of carboxylic acids is 1. The molecule has 4 nitrogen and oxygen atoms in total. The summed E-state index contributed by atoms with van der Waals surface area (Å²) in [5.41, 5.74) is -0.590. The second kappa shape index (κ2) is 4.44. The molecule has 0 aliphatic heterocycles. The van der Waals surface area contributed by atoms with Crippen LogP contribution >= 0.6 is 11.3 Å². The van der Waals surface area contributed by atoms with E-state index in [1.165, 1.54) is 25.2 Å². The van der Waals surface area contributed by atoms with Gasteiger partial charge in [0.25, 0.3) is 0 Å². The van der Waals surface area contributed by atoms with Gasteiger partial charge in [-0.3, -0.25) is 4.79 Å². The fourth-order valence-corrected chi connectivity index (χ4v) is 1.40.